The van der Waals surface area contributed by atoms with Crippen LogP contribution in [-0.4, -0.2) is 26.9 Å². The van der Waals surface area contributed by atoms with Crippen LogP contribution >= 0.6 is 15.9 Å². The Balaban J connectivity index is 2.20. The third kappa shape index (κ3) is 2.98. The molecule has 0 aliphatic carbocycles. The van der Waals surface area contributed by atoms with Crippen molar-refractivity contribution < 1.29 is 14.2 Å². The molecular weight excluding hydrogens is 296 g/mol. The molecule has 1 saturated heterocycles. The second-order valence-corrected chi connectivity index (χ2v) is 5.40. The largest absolute Gasteiger partial charge is 0.497 e. The van der Waals surface area contributed by atoms with E-state index in [1.807, 2.05) is 18.2 Å². The average molecular weight is 315 g/mol. The molecule has 1 aliphatic rings. The van der Waals surface area contributed by atoms with E-state index in [1.54, 1.807) is 14.2 Å². The van der Waals surface area contributed by atoms with Gasteiger partial charge in [-0.3, -0.25) is 0 Å². The van der Waals surface area contributed by atoms with Crippen LogP contribution in [-0.2, 0) is 4.74 Å². The molecule has 100 valence electrons. The monoisotopic (exact) mass is 314 g/mol. The van der Waals surface area contributed by atoms with Gasteiger partial charge in [0.1, 0.15) is 11.5 Å². The van der Waals surface area contributed by atoms with E-state index >= 15 is 0 Å². The summed E-state index contributed by atoms with van der Waals surface area (Å²) in [4.78, 5) is 0.165. The molecule has 3 nitrogen and oxygen atoms in total. The van der Waals surface area contributed by atoms with Gasteiger partial charge in [0.05, 0.1) is 25.2 Å². The molecular formula is C14H19BrO3. The Morgan fingerprint density at radius 2 is 2.11 bits per heavy atom. The van der Waals surface area contributed by atoms with Gasteiger partial charge in [0.15, 0.2) is 0 Å². The zero-order chi connectivity index (χ0) is 13.0. The number of ether oxygens (including phenoxy) is 3. The van der Waals surface area contributed by atoms with E-state index in [0.29, 0.717) is 0 Å². The molecule has 0 amide bonds. The predicted molar refractivity (Wildman–Crippen MR) is 74.8 cm³/mol. The van der Waals surface area contributed by atoms with E-state index in [2.05, 4.69) is 15.9 Å². The van der Waals surface area contributed by atoms with Gasteiger partial charge in [0.25, 0.3) is 0 Å². The molecule has 0 spiro atoms. The first-order chi connectivity index (χ1) is 8.76. The number of halogens is 1. The van der Waals surface area contributed by atoms with Crippen molar-refractivity contribution in [1.29, 1.82) is 0 Å². The molecule has 0 N–H and O–H groups in total. The smallest absolute Gasteiger partial charge is 0.126 e. The van der Waals surface area contributed by atoms with Crippen molar-refractivity contribution in [2.24, 2.45) is 0 Å². The minimum atomic E-state index is 0.165. The Labute approximate surface area is 117 Å². The van der Waals surface area contributed by atoms with Gasteiger partial charge in [0.2, 0.25) is 0 Å². The molecule has 2 rings (SSSR count). The van der Waals surface area contributed by atoms with Gasteiger partial charge < -0.3 is 14.2 Å². The summed E-state index contributed by atoms with van der Waals surface area (Å²) in [6, 6.07) is 5.90. The van der Waals surface area contributed by atoms with Gasteiger partial charge >= 0.3 is 0 Å². The van der Waals surface area contributed by atoms with Crippen LogP contribution in [0, 0.1) is 0 Å². The summed E-state index contributed by atoms with van der Waals surface area (Å²) in [7, 11) is 3.34. The van der Waals surface area contributed by atoms with Crippen LogP contribution in [0.5, 0.6) is 11.5 Å². The third-order valence-electron chi connectivity index (χ3n) is 3.28. The van der Waals surface area contributed by atoms with Gasteiger partial charge in [-0.05, 0) is 25.3 Å². The first-order valence-electron chi connectivity index (χ1n) is 6.24. The van der Waals surface area contributed by atoms with Gasteiger partial charge in [0, 0.05) is 18.2 Å². The molecule has 4 heteroatoms. The van der Waals surface area contributed by atoms with Crippen molar-refractivity contribution in [3.8, 4) is 11.5 Å². The second kappa shape index (κ2) is 6.43. The average Bonchev–Trinajstić information content (AvgIpc) is 2.46. The molecule has 2 unspecified atom stereocenters. The van der Waals surface area contributed by atoms with Crippen LogP contribution in [0.1, 0.15) is 29.7 Å². The van der Waals surface area contributed by atoms with Crippen molar-refractivity contribution in [2.45, 2.75) is 30.2 Å². The van der Waals surface area contributed by atoms with Crippen molar-refractivity contribution in [3.63, 3.8) is 0 Å². The zero-order valence-corrected chi connectivity index (χ0v) is 12.4. The second-order valence-electron chi connectivity index (χ2n) is 4.41. The minimum absolute atomic E-state index is 0.165. The van der Waals surface area contributed by atoms with Crippen LogP contribution in [0.4, 0.5) is 0 Å². The van der Waals surface area contributed by atoms with E-state index in [-0.39, 0.29) is 10.9 Å². The molecule has 1 heterocycles. The van der Waals surface area contributed by atoms with Gasteiger partial charge in [-0.2, -0.15) is 0 Å². The molecule has 1 aromatic carbocycles. The number of rotatable bonds is 4. The fourth-order valence-electron chi connectivity index (χ4n) is 2.24. The Morgan fingerprint density at radius 3 is 2.72 bits per heavy atom. The van der Waals surface area contributed by atoms with Crippen LogP contribution in [0.3, 0.4) is 0 Å². The van der Waals surface area contributed by atoms with E-state index in [9.17, 15) is 0 Å². The summed E-state index contributed by atoms with van der Waals surface area (Å²) < 4.78 is 16.5. The molecule has 2 atom stereocenters. The Hall–Kier alpha value is -0.740. The molecule has 0 bridgehead atoms. The molecule has 0 aromatic heterocycles. The van der Waals surface area contributed by atoms with Crippen molar-refractivity contribution in [1.82, 2.24) is 0 Å². The topological polar surface area (TPSA) is 27.7 Å². The molecule has 1 fully saturated rings. The first kappa shape index (κ1) is 13.7. The quantitative estimate of drug-likeness (QED) is 0.793. The Kier molecular flexibility index (Phi) is 4.89. The van der Waals surface area contributed by atoms with Crippen LogP contribution < -0.4 is 9.47 Å². The Morgan fingerprint density at radius 1 is 1.28 bits per heavy atom. The maximum atomic E-state index is 5.82. The molecule has 1 aliphatic heterocycles. The number of benzene rings is 1. The summed E-state index contributed by atoms with van der Waals surface area (Å²) in [5.74, 6) is 1.64. The maximum Gasteiger partial charge on any atom is 0.126 e. The summed E-state index contributed by atoms with van der Waals surface area (Å²) in [5, 5.41) is 0. The van der Waals surface area contributed by atoms with E-state index < -0.39 is 0 Å². The zero-order valence-electron chi connectivity index (χ0n) is 10.8. The van der Waals surface area contributed by atoms with Crippen LogP contribution in [0.2, 0.25) is 0 Å². The summed E-state index contributed by atoms with van der Waals surface area (Å²) >= 11 is 3.74. The maximum absolute atomic E-state index is 5.82. The fraction of sp³-hybridized carbons (Fsp3) is 0.571. The molecule has 1 aromatic rings. The summed E-state index contributed by atoms with van der Waals surface area (Å²) in [5.41, 5.74) is 1.12. The molecule has 0 saturated carbocycles. The van der Waals surface area contributed by atoms with Crippen LogP contribution in [0.25, 0.3) is 0 Å². The number of hydrogen-bond acceptors (Lipinski definition) is 3. The highest BCUT2D eigenvalue weighted by Crippen LogP contribution is 2.39. The first-order valence-corrected chi connectivity index (χ1v) is 7.15. The predicted octanol–water partition coefficient (Wildman–Crippen LogP) is 3.71. The number of methoxy groups -OCH3 is 2. The van der Waals surface area contributed by atoms with Gasteiger partial charge in [-0.15, -0.1) is 0 Å². The van der Waals surface area contributed by atoms with Gasteiger partial charge in [-0.1, -0.05) is 22.0 Å². The summed E-state index contributed by atoms with van der Waals surface area (Å²) in [6.45, 7) is 0.852. The lowest BCUT2D eigenvalue weighted by Gasteiger charge is -2.28. The lowest BCUT2D eigenvalue weighted by atomic mass is 10.0. The highest BCUT2D eigenvalue weighted by Gasteiger charge is 2.26. The number of hydrogen-bond donors (Lipinski definition) is 0. The van der Waals surface area contributed by atoms with Crippen molar-refractivity contribution >= 4 is 15.9 Å². The lowest BCUT2D eigenvalue weighted by Crippen LogP contribution is -2.23. The normalized spacial score (nSPS) is 21.4. The van der Waals surface area contributed by atoms with E-state index in [0.717, 1.165) is 36.5 Å². The van der Waals surface area contributed by atoms with Crippen LogP contribution in [0.15, 0.2) is 18.2 Å². The highest BCUT2D eigenvalue weighted by molar-refractivity contribution is 9.09. The fourth-order valence-corrected chi connectivity index (χ4v) is 3.04. The minimum Gasteiger partial charge on any atom is -0.497 e. The highest BCUT2D eigenvalue weighted by atomic mass is 79.9. The number of alkyl halides is 1. The summed E-state index contributed by atoms with van der Waals surface area (Å²) in [6.07, 6.45) is 3.70. The third-order valence-corrected chi connectivity index (χ3v) is 4.36. The standard InChI is InChI=1S/C14H19BrO3/c1-16-10-6-7-11(13(9-10)17-2)14(15)12-5-3-4-8-18-12/h6-7,9,12,14H,3-5,8H2,1-2H3. The van der Waals surface area contributed by atoms with E-state index in [4.69, 9.17) is 14.2 Å². The Bertz CT molecular complexity index is 389. The van der Waals surface area contributed by atoms with Crippen molar-refractivity contribution in [2.75, 3.05) is 20.8 Å². The molecule has 0 radical (unpaired) electrons. The van der Waals surface area contributed by atoms with E-state index in [1.165, 1.54) is 6.42 Å². The lowest BCUT2D eigenvalue weighted by molar-refractivity contribution is 0.0157. The van der Waals surface area contributed by atoms with Gasteiger partial charge in [-0.25, -0.2) is 0 Å². The SMILES string of the molecule is COc1ccc(C(Br)C2CCCCO2)c(OC)c1. The molecule has 18 heavy (non-hydrogen) atoms. The van der Waals surface area contributed by atoms with Crippen molar-refractivity contribution in [3.05, 3.63) is 23.8 Å².